The Morgan fingerprint density at radius 1 is 0.875 bits per heavy atom. The van der Waals surface area contributed by atoms with Crippen molar-refractivity contribution in [3.05, 3.63) is 30.3 Å². The third kappa shape index (κ3) is 6.81. The number of rotatable bonds is 13. The van der Waals surface area contributed by atoms with Crippen LogP contribution >= 0.6 is 0 Å². The lowest BCUT2D eigenvalue weighted by atomic mass is 10.0. The normalized spacial score (nSPS) is 14.3. The van der Waals surface area contributed by atoms with Gasteiger partial charge in [0.15, 0.2) is 0 Å². The zero-order valence-electron chi connectivity index (χ0n) is 15.0. The topological polar surface area (TPSA) is 63.6 Å². The first-order chi connectivity index (χ1) is 11.4. The van der Waals surface area contributed by atoms with Crippen molar-refractivity contribution >= 4 is 10.1 Å². The van der Waals surface area contributed by atoms with E-state index in [2.05, 4.69) is 6.92 Å². The van der Waals surface area contributed by atoms with Crippen LogP contribution in [0.3, 0.4) is 0 Å². The summed E-state index contributed by atoms with van der Waals surface area (Å²) in [6.07, 6.45) is 8.91. The summed E-state index contributed by atoms with van der Waals surface area (Å²) >= 11 is 0. The van der Waals surface area contributed by atoms with E-state index < -0.39 is 15.1 Å². The van der Waals surface area contributed by atoms with Crippen LogP contribution in [0.4, 0.5) is 0 Å². The molecular formula is C19H32O4S. The second-order valence-electron chi connectivity index (χ2n) is 6.42. The monoisotopic (exact) mass is 356 g/mol. The molecule has 1 aromatic carbocycles. The van der Waals surface area contributed by atoms with Gasteiger partial charge in [-0.25, -0.2) is 0 Å². The number of para-hydroxylation sites is 1. The molecule has 4 nitrogen and oxygen atoms in total. The Labute approximate surface area is 147 Å². The van der Waals surface area contributed by atoms with E-state index in [4.69, 9.17) is 4.74 Å². The van der Waals surface area contributed by atoms with E-state index in [0.29, 0.717) is 18.6 Å². The maximum Gasteiger partial charge on any atom is 0.306 e. The highest BCUT2D eigenvalue weighted by Gasteiger charge is 2.44. The Morgan fingerprint density at radius 2 is 1.46 bits per heavy atom. The number of hydrogen-bond donors (Lipinski definition) is 1. The van der Waals surface area contributed by atoms with E-state index in [9.17, 15) is 13.0 Å². The van der Waals surface area contributed by atoms with Crippen LogP contribution in [0.1, 0.15) is 78.1 Å². The summed E-state index contributed by atoms with van der Waals surface area (Å²) in [6, 6.07) is 8.88. The van der Waals surface area contributed by atoms with Crippen LogP contribution in [0.15, 0.2) is 30.3 Å². The predicted molar refractivity (Wildman–Crippen MR) is 98.9 cm³/mol. The second kappa shape index (κ2) is 10.7. The van der Waals surface area contributed by atoms with E-state index >= 15 is 0 Å². The average molecular weight is 357 g/mol. The van der Waals surface area contributed by atoms with Crippen LogP contribution in [-0.4, -0.2) is 17.9 Å². The first kappa shape index (κ1) is 21.0. The molecule has 1 atom stereocenters. The molecule has 0 saturated carbocycles. The largest absolute Gasteiger partial charge is 0.469 e. The number of ether oxygens (including phenoxy) is 1. The molecule has 0 aliphatic rings. The lowest BCUT2D eigenvalue weighted by Gasteiger charge is -2.31. The fraction of sp³-hybridized carbons (Fsp3) is 0.684. The summed E-state index contributed by atoms with van der Waals surface area (Å²) in [5.74, 6) is 0.478. The first-order valence-corrected chi connectivity index (χ1v) is 10.6. The van der Waals surface area contributed by atoms with Crippen molar-refractivity contribution in [3.63, 3.8) is 0 Å². The predicted octanol–water partition coefficient (Wildman–Crippen LogP) is 5.59. The van der Waals surface area contributed by atoms with Crippen LogP contribution in [0, 0.1) is 0 Å². The molecule has 0 heterocycles. The maximum atomic E-state index is 12.1. The average Bonchev–Trinajstić information content (AvgIpc) is 2.54. The van der Waals surface area contributed by atoms with Crippen molar-refractivity contribution in [2.45, 2.75) is 83.0 Å². The molecule has 1 unspecified atom stereocenters. The highest BCUT2D eigenvalue weighted by Crippen LogP contribution is 2.32. The van der Waals surface area contributed by atoms with Crippen LogP contribution in [-0.2, 0) is 10.1 Å². The third-order valence-corrected chi connectivity index (χ3v) is 5.74. The molecule has 138 valence electrons. The molecule has 0 saturated heterocycles. The van der Waals surface area contributed by atoms with E-state index in [0.717, 1.165) is 19.3 Å². The summed E-state index contributed by atoms with van der Waals surface area (Å²) in [7, 11) is -4.31. The summed E-state index contributed by atoms with van der Waals surface area (Å²) < 4.78 is 39.8. The number of hydrogen-bond acceptors (Lipinski definition) is 3. The van der Waals surface area contributed by atoms with Crippen molar-refractivity contribution < 1.29 is 17.7 Å². The van der Waals surface area contributed by atoms with Crippen molar-refractivity contribution in [3.8, 4) is 5.75 Å². The maximum absolute atomic E-state index is 12.1. The summed E-state index contributed by atoms with van der Waals surface area (Å²) in [6.45, 7) is 4.09. The first-order valence-electron chi connectivity index (χ1n) is 9.16. The molecule has 0 radical (unpaired) electrons. The quantitative estimate of drug-likeness (QED) is 0.369. The number of benzene rings is 1. The minimum atomic E-state index is -4.31. The lowest BCUT2D eigenvalue weighted by molar-refractivity contribution is 0.116. The van der Waals surface area contributed by atoms with E-state index in [1.165, 1.54) is 25.7 Å². The van der Waals surface area contributed by atoms with Gasteiger partial charge in [-0.15, -0.1) is 0 Å². The Hall–Kier alpha value is -1.07. The molecule has 1 N–H and O–H groups in total. The van der Waals surface area contributed by atoms with Gasteiger partial charge in [-0.3, -0.25) is 4.55 Å². The van der Waals surface area contributed by atoms with Gasteiger partial charge in [0.05, 0.1) is 0 Å². The van der Waals surface area contributed by atoms with Gasteiger partial charge in [-0.1, -0.05) is 77.0 Å². The van der Waals surface area contributed by atoms with Gasteiger partial charge >= 0.3 is 10.1 Å². The molecule has 0 amide bonds. The number of unbranched alkanes of at least 4 members (excludes halogenated alkanes) is 6. The molecule has 24 heavy (non-hydrogen) atoms. The van der Waals surface area contributed by atoms with Gasteiger partial charge in [-0.05, 0) is 18.6 Å². The van der Waals surface area contributed by atoms with Crippen LogP contribution < -0.4 is 4.74 Å². The Bertz CT molecular complexity index is 542. The molecule has 0 spiro atoms. The van der Waals surface area contributed by atoms with Gasteiger partial charge in [0.2, 0.25) is 4.93 Å². The Balaban J connectivity index is 2.70. The zero-order chi connectivity index (χ0) is 17.9. The summed E-state index contributed by atoms with van der Waals surface area (Å²) in [5, 5.41) is 0. The van der Waals surface area contributed by atoms with Crippen molar-refractivity contribution in [2.24, 2.45) is 0 Å². The fourth-order valence-electron chi connectivity index (χ4n) is 2.97. The highest BCUT2D eigenvalue weighted by atomic mass is 32.2. The van der Waals surface area contributed by atoms with E-state index in [1.807, 2.05) is 13.0 Å². The lowest BCUT2D eigenvalue weighted by Crippen LogP contribution is -2.44. The van der Waals surface area contributed by atoms with Gasteiger partial charge in [0.1, 0.15) is 5.75 Å². The second-order valence-corrected chi connectivity index (χ2v) is 8.12. The van der Waals surface area contributed by atoms with Crippen LogP contribution in [0.25, 0.3) is 0 Å². The van der Waals surface area contributed by atoms with E-state index in [1.54, 1.807) is 24.3 Å². The molecule has 0 bridgehead atoms. The molecule has 1 rings (SSSR count). The third-order valence-electron chi connectivity index (χ3n) is 4.31. The van der Waals surface area contributed by atoms with Crippen LogP contribution in [0.5, 0.6) is 5.75 Å². The Kier molecular flexibility index (Phi) is 9.37. The SMILES string of the molecule is CCCCCCCCCC(CCC)(Oc1ccccc1)S(=O)(=O)O. The fourth-order valence-corrected chi connectivity index (χ4v) is 4.04. The molecule has 5 heteroatoms. The van der Waals surface area contributed by atoms with Gasteiger partial charge in [0, 0.05) is 12.8 Å². The summed E-state index contributed by atoms with van der Waals surface area (Å²) in [4.78, 5) is -1.54. The highest BCUT2D eigenvalue weighted by molar-refractivity contribution is 7.87. The van der Waals surface area contributed by atoms with Crippen LogP contribution in [0.2, 0.25) is 0 Å². The minimum absolute atomic E-state index is 0.288. The minimum Gasteiger partial charge on any atom is -0.469 e. The molecule has 0 fully saturated rings. The van der Waals surface area contributed by atoms with Gasteiger partial charge in [0.25, 0.3) is 0 Å². The van der Waals surface area contributed by atoms with Crippen molar-refractivity contribution in [2.75, 3.05) is 0 Å². The van der Waals surface area contributed by atoms with Crippen molar-refractivity contribution in [1.82, 2.24) is 0 Å². The standard InChI is InChI=1S/C19H32O4S/c1-3-5-6-7-8-9-13-17-19(16-4-2,24(20,21)22)23-18-14-11-10-12-15-18/h10-12,14-15H,3-9,13,16-17H2,1-2H3,(H,20,21,22). The molecule has 0 aliphatic carbocycles. The Morgan fingerprint density at radius 3 is 2.00 bits per heavy atom. The van der Waals surface area contributed by atoms with E-state index in [-0.39, 0.29) is 6.42 Å². The smallest absolute Gasteiger partial charge is 0.306 e. The molecular weight excluding hydrogens is 324 g/mol. The molecule has 0 aromatic heterocycles. The molecule has 1 aromatic rings. The molecule has 0 aliphatic heterocycles. The zero-order valence-corrected chi connectivity index (χ0v) is 15.9. The van der Waals surface area contributed by atoms with Gasteiger partial charge in [-0.2, -0.15) is 8.42 Å². The van der Waals surface area contributed by atoms with Crippen molar-refractivity contribution in [1.29, 1.82) is 0 Å². The van der Waals surface area contributed by atoms with Gasteiger partial charge < -0.3 is 4.74 Å². The summed E-state index contributed by atoms with van der Waals surface area (Å²) in [5.41, 5.74) is 0.